The lowest BCUT2D eigenvalue weighted by Gasteiger charge is -2.50. The minimum Gasteiger partial charge on any atom is -1.00 e. The molecule has 0 aromatic heterocycles. The van der Waals surface area contributed by atoms with Crippen molar-refractivity contribution in [3.63, 3.8) is 0 Å². The van der Waals surface area contributed by atoms with Crippen molar-refractivity contribution in [3.8, 4) is 0 Å². The largest absolute Gasteiger partial charge is 1.00 e. The standard InChI is InChI=1S/C24H28N.ClH/c1-4-20-25(2,3)24(21-14-8-5-9-15-21,22-16-10-6-11-17-22)23-18-12-7-13-19-23;/h5-19H,4,20H2,1-3H3;1H/q+1;/p-1. The van der Waals surface area contributed by atoms with Gasteiger partial charge >= 0.3 is 0 Å². The number of hydrogen-bond donors (Lipinski definition) is 0. The van der Waals surface area contributed by atoms with E-state index in [1.54, 1.807) is 0 Å². The summed E-state index contributed by atoms with van der Waals surface area (Å²) in [4.78, 5) is 0. The molecule has 0 aliphatic heterocycles. The first-order valence-corrected chi connectivity index (χ1v) is 9.12. The first-order valence-electron chi connectivity index (χ1n) is 9.12. The van der Waals surface area contributed by atoms with Crippen LogP contribution in [0.2, 0.25) is 0 Å². The van der Waals surface area contributed by atoms with Gasteiger partial charge < -0.3 is 16.9 Å². The summed E-state index contributed by atoms with van der Waals surface area (Å²) in [7, 11) is 4.72. The Labute approximate surface area is 164 Å². The predicted molar refractivity (Wildman–Crippen MR) is 106 cm³/mol. The molecule has 0 saturated heterocycles. The van der Waals surface area contributed by atoms with E-state index in [1.165, 1.54) is 16.7 Å². The van der Waals surface area contributed by atoms with Crippen LogP contribution in [0.4, 0.5) is 0 Å². The lowest BCUT2D eigenvalue weighted by molar-refractivity contribution is -0.936. The zero-order valence-electron chi connectivity index (χ0n) is 15.9. The molecular weight excluding hydrogens is 338 g/mol. The van der Waals surface area contributed by atoms with Crippen LogP contribution < -0.4 is 12.4 Å². The third kappa shape index (κ3) is 3.42. The van der Waals surface area contributed by atoms with Crippen LogP contribution in [0.25, 0.3) is 0 Å². The fraction of sp³-hybridized carbons (Fsp3) is 0.250. The predicted octanol–water partition coefficient (Wildman–Crippen LogP) is 2.47. The number of halogens is 1. The summed E-state index contributed by atoms with van der Waals surface area (Å²) >= 11 is 0. The van der Waals surface area contributed by atoms with E-state index >= 15 is 0 Å². The Kier molecular flexibility index (Phi) is 6.63. The Morgan fingerprint density at radius 3 is 1.19 bits per heavy atom. The molecule has 0 N–H and O–H groups in total. The van der Waals surface area contributed by atoms with Gasteiger partial charge in [0.2, 0.25) is 0 Å². The smallest absolute Gasteiger partial charge is 0.176 e. The normalized spacial score (nSPS) is 11.7. The Morgan fingerprint density at radius 2 is 0.923 bits per heavy atom. The molecule has 0 spiro atoms. The molecular formula is C24H28ClN. The van der Waals surface area contributed by atoms with E-state index in [4.69, 9.17) is 0 Å². The second-order valence-corrected chi connectivity index (χ2v) is 7.22. The molecule has 0 bridgehead atoms. The number of rotatable bonds is 6. The first-order chi connectivity index (χ1) is 12.1. The van der Waals surface area contributed by atoms with Gasteiger partial charge in [0.1, 0.15) is 0 Å². The molecule has 26 heavy (non-hydrogen) atoms. The Balaban J connectivity index is 0.00000243. The zero-order chi connectivity index (χ0) is 17.8. The van der Waals surface area contributed by atoms with E-state index in [1.807, 2.05) is 0 Å². The highest BCUT2D eigenvalue weighted by atomic mass is 35.5. The van der Waals surface area contributed by atoms with Crippen LogP contribution in [0.15, 0.2) is 91.0 Å². The minimum absolute atomic E-state index is 0. The van der Waals surface area contributed by atoms with Crippen LogP contribution in [0.5, 0.6) is 0 Å². The van der Waals surface area contributed by atoms with Crippen LogP contribution in [-0.2, 0) is 5.54 Å². The quantitative estimate of drug-likeness (QED) is 0.465. The van der Waals surface area contributed by atoms with Gasteiger partial charge in [-0.05, 0) is 6.42 Å². The molecule has 0 aliphatic rings. The maximum atomic E-state index is 2.36. The molecule has 3 aromatic rings. The summed E-state index contributed by atoms with van der Waals surface area (Å²) in [5.74, 6) is 0. The molecule has 2 heteroatoms. The van der Waals surface area contributed by atoms with Gasteiger partial charge in [-0.3, -0.25) is 0 Å². The van der Waals surface area contributed by atoms with Crippen molar-refractivity contribution in [3.05, 3.63) is 108 Å². The second kappa shape index (κ2) is 8.53. The van der Waals surface area contributed by atoms with Gasteiger partial charge in [-0.25, -0.2) is 0 Å². The summed E-state index contributed by atoms with van der Waals surface area (Å²) in [6.07, 6.45) is 1.14. The average Bonchev–Trinajstić information content (AvgIpc) is 2.65. The maximum Gasteiger partial charge on any atom is 0.176 e. The number of hydrogen-bond acceptors (Lipinski definition) is 0. The molecule has 3 aromatic carbocycles. The summed E-state index contributed by atoms with van der Waals surface area (Å²) in [6, 6.07) is 32.9. The van der Waals surface area contributed by atoms with Crippen LogP contribution >= 0.6 is 0 Å². The average molecular weight is 366 g/mol. The topological polar surface area (TPSA) is 0 Å². The lowest BCUT2D eigenvalue weighted by Crippen LogP contribution is -3.00. The van der Waals surface area contributed by atoms with Crippen molar-refractivity contribution >= 4 is 0 Å². The fourth-order valence-corrected chi connectivity index (χ4v) is 4.31. The van der Waals surface area contributed by atoms with E-state index in [-0.39, 0.29) is 17.9 Å². The van der Waals surface area contributed by atoms with Gasteiger partial charge in [0.25, 0.3) is 0 Å². The van der Waals surface area contributed by atoms with Gasteiger partial charge in [-0.15, -0.1) is 0 Å². The van der Waals surface area contributed by atoms with Crippen molar-refractivity contribution in [2.75, 3.05) is 20.6 Å². The molecule has 0 atom stereocenters. The molecule has 0 unspecified atom stereocenters. The summed E-state index contributed by atoms with van der Waals surface area (Å²) in [5, 5.41) is 0. The van der Waals surface area contributed by atoms with Gasteiger partial charge in [0.05, 0.1) is 20.6 Å². The molecule has 1 nitrogen and oxygen atoms in total. The SMILES string of the molecule is CCC[N+](C)(C)C(c1ccccc1)(c1ccccc1)c1ccccc1.[Cl-]. The van der Waals surface area contributed by atoms with Crippen molar-refractivity contribution < 1.29 is 16.9 Å². The van der Waals surface area contributed by atoms with Crippen LogP contribution in [-0.4, -0.2) is 25.1 Å². The third-order valence-electron chi connectivity index (χ3n) is 5.27. The molecule has 0 amide bonds. The van der Waals surface area contributed by atoms with Gasteiger partial charge in [-0.2, -0.15) is 0 Å². The van der Waals surface area contributed by atoms with E-state index in [0.29, 0.717) is 0 Å². The van der Waals surface area contributed by atoms with Crippen molar-refractivity contribution in [2.24, 2.45) is 0 Å². The van der Waals surface area contributed by atoms with Crippen LogP contribution in [0, 0.1) is 0 Å². The van der Waals surface area contributed by atoms with Gasteiger partial charge in [-0.1, -0.05) is 97.9 Å². The highest BCUT2D eigenvalue weighted by molar-refractivity contribution is 5.47. The monoisotopic (exact) mass is 365 g/mol. The number of benzene rings is 3. The number of quaternary nitrogens is 1. The third-order valence-corrected chi connectivity index (χ3v) is 5.27. The number of nitrogens with zero attached hydrogens (tertiary/aromatic N) is 1. The Morgan fingerprint density at radius 1 is 0.615 bits per heavy atom. The highest BCUT2D eigenvalue weighted by Gasteiger charge is 2.49. The first kappa shape index (κ1) is 20.2. The summed E-state index contributed by atoms with van der Waals surface area (Å²) in [6.45, 7) is 3.37. The fourth-order valence-electron chi connectivity index (χ4n) is 4.31. The van der Waals surface area contributed by atoms with E-state index < -0.39 is 0 Å². The summed E-state index contributed by atoms with van der Waals surface area (Å²) < 4.78 is 0.877. The molecule has 0 radical (unpaired) electrons. The lowest BCUT2D eigenvalue weighted by atomic mass is 9.74. The van der Waals surface area contributed by atoms with Crippen molar-refractivity contribution in [1.29, 1.82) is 0 Å². The Hall–Kier alpha value is -2.09. The maximum absolute atomic E-state index is 2.36. The van der Waals surface area contributed by atoms with Gasteiger partial charge in [0.15, 0.2) is 5.54 Å². The van der Waals surface area contributed by atoms with Crippen molar-refractivity contribution in [1.82, 2.24) is 0 Å². The zero-order valence-corrected chi connectivity index (χ0v) is 16.7. The van der Waals surface area contributed by atoms with E-state index in [9.17, 15) is 0 Å². The molecule has 3 rings (SSSR count). The molecule has 0 heterocycles. The highest BCUT2D eigenvalue weighted by Crippen LogP contribution is 2.45. The van der Waals surface area contributed by atoms with Crippen LogP contribution in [0.3, 0.4) is 0 Å². The summed E-state index contributed by atoms with van der Waals surface area (Å²) in [5.41, 5.74) is 3.78. The molecule has 0 aliphatic carbocycles. The molecule has 0 fully saturated rings. The Bertz CT molecular complexity index is 686. The second-order valence-electron chi connectivity index (χ2n) is 7.22. The van der Waals surface area contributed by atoms with Crippen molar-refractivity contribution in [2.45, 2.75) is 18.9 Å². The molecule has 0 saturated carbocycles. The molecule has 136 valence electrons. The van der Waals surface area contributed by atoms with E-state index in [2.05, 4.69) is 112 Å². The van der Waals surface area contributed by atoms with Crippen LogP contribution in [0.1, 0.15) is 30.0 Å². The minimum atomic E-state index is -0.236. The van der Waals surface area contributed by atoms with E-state index in [0.717, 1.165) is 17.4 Å². The van der Waals surface area contributed by atoms with Gasteiger partial charge in [0, 0.05) is 16.7 Å².